The molecule has 0 aliphatic carbocycles. The maximum absolute atomic E-state index is 12.2. The highest BCUT2D eigenvalue weighted by Crippen LogP contribution is 2.38. The molecular formula is C29H37ClN4O4. The molecule has 8 nitrogen and oxygen atoms in total. The van der Waals surface area contributed by atoms with Crippen molar-refractivity contribution in [1.29, 1.82) is 0 Å². The lowest BCUT2D eigenvalue weighted by molar-refractivity contribution is 0.251. The summed E-state index contributed by atoms with van der Waals surface area (Å²) in [5.41, 5.74) is 1.24. The third-order valence-corrected chi connectivity index (χ3v) is 6.80. The van der Waals surface area contributed by atoms with Crippen LogP contribution in [-0.2, 0) is 0 Å². The second-order valence-corrected chi connectivity index (χ2v) is 10.3. The van der Waals surface area contributed by atoms with Gasteiger partial charge in [-0.3, -0.25) is 4.98 Å². The number of pyridine rings is 1. The molecule has 0 atom stereocenters. The number of ether oxygens (including phenoxy) is 3. The highest BCUT2D eigenvalue weighted by Gasteiger charge is 2.15. The van der Waals surface area contributed by atoms with Gasteiger partial charge in [0.15, 0.2) is 11.5 Å². The minimum Gasteiger partial charge on any atom is -0.493 e. The molecule has 0 spiro atoms. The van der Waals surface area contributed by atoms with Crippen LogP contribution in [0.4, 0.5) is 10.5 Å². The minimum atomic E-state index is -0.289. The largest absolute Gasteiger partial charge is 0.493 e. The molecule has 2 N–H and O–H groups in total. The third-order valence-electron chi connectivity index (χ3n) is 6.49. The van der Waals surface area contributed by atoms with Crippen molar-refractivity contribution < 1.29 is 19.0 Å². The van der Waals surface area contributed by atoms with E-state index in [1.54, 1.807) is 37.6 Å². The third kappa shape index (κ3) is 7.65. The minimum absolute atomic E-state index is 0.289. The number of urea groups is 1. The van der Waals surface area contributed by atoms with E-state index in [0.717, 1.165) is 30.3 Å². The molecule has 0 unspecified atom stereocenters. The Kier molecular flexibility index (Phi) is 9.90. The SMILES string of the molecule is COc1cc2c(Oc3ccc(NC(=O)NCCC(C)C)c(Cl)c3)ccnc2cc1OCCCN1CCCC1. The van der Waals surface area contributed by atoms with Gasteiger partial charge in [-0.25, -0.2) is 4.79 Å². The van der Waals surface area contributed by atoms with E-state index in [1.165, 1.54) is 25.9 Å². The number of hydrogen-bond acceptors (Lipinski definition) is 6. The molecule has 1 aromatic heterocycles. The van der Waals surface area contributed by atoms with Gasteiger partial charge in [0.05, 0.1) is 29.9 Å². The topological polar surface area (TPSA) is 85.0 Å². The number of carbonyl (C=O) groups excluding carboxylic acids is 1. The lowest BCUT2D eigenvalue weighted by Gasteiger charge is -2.16. The summed E-state index contributed by atoms with van der Waals surface area (Å²) in [5, 5.41) is 6.78. The fourth-order valence-corrected chi connectivity index (χ4v) is 4.61. The first kappa shape index (κ1) is 27.8. The second-order valence-electron chi connectivity index (χ2n) is 9.89. The van der Waals surface area contributed by atoms with Crippen molar-refractivity contribution in [2.24, 2.45) is 5.92 Å². The van der Waals surface area contributed by atoms with Crippen LogP contribution in [0.1, 0.15) is 39.5 Å². The average Bonchev–Trinajstić information content (AvgIpc) is 3.41. The molecule has 1 aliphatic heterocycles. The molecule has 204 valence electrons. The Balaban J connectivity index is 1.41. The summed E-state index contributed by atoms with van der Waals surface area (Å²) >= 11 is 6.44. The molecule has 0 bridgehead atoms. The number of hydrogen-bond donors (Lipinski definition) is 2. The zero-order chi connectivity index (χ0) is 26.9. The molecule has 1 saturated heterocycles. The van der Waals surface area contributed by atoms with E-state index in [1.807, 2.05) is 12.1 Å². The van der Waals surface area contributed by atoms with Crippen LogP contribution in [0.15, 0.2) is 42.6 Å². The summed E-state index contributed by atoms with van der Waals surface area (Å²) in [7, 11) is 1.62. The monoisotopic (exact) mass is 540 g/mol. The van der Waals surface area contributed by atoms with E-state index >= 15 is 0 Å². The summed E-state index contributed by atoms with van der Waals surface area (Å²) in [5.74, 6) is 2.95. The molecule has 0 radical (unpaired) electrons. The molecule has 4 rings (SSSR count). The molecule has 38 heavy (non-hydrogen) atoms. The molecular weight excluding hydrogens is 504 g/mol. The van der Waals surface area contributed by atoms with Crippen molar-refractivity contribution in [2.75, 3.05) is 45.2 Å². The van der Waals surface area contributed by atoms with Crippen molar-refractivity contribution in [3.63, 3.8) is 0 Å². The van der Waals surface area contributed by atoms with Gasteiger partial charge in [-0.2, -0.15) is 0 Å². The molecule has 1 fully saturated rings. The van der Waals surface area contributed by atoms with Crippen LogP contribution in [0, 0.1) is 5.92 Å². The first-order chi connectivity index (χ1) is 18.4. The predicted octanol–water partition coefficient (Wildman–Crippen LogP) is 6.72. The van der Waals surface area contributed by atoms with Crippen LogP contribution in [0.2, 0.25) is 5.02 Å². The van der Waals surface area contributed by atoms with Crippen LogP contribution in [0.5, 0.6) is 23.0 Å². The lowest BCUT2D eigenvalue weighted by Crippen LogP contribution is -2.30. The maximum Gasteiger partial charge on any atom is 0.319 e. The van der Waals surface area contributed by atoms with Crippen molar-refractivity contribution in [2.45, 2.75) is 39.5 Å². The summed E-state index contributed by atoms with van der Waals surface area (Å²) in [4.78, 5) is 19.1. The summed E-state index contributed by atoms with van der Waals surface area (Å²) in [6.07, 6.45) is 6.14. The number of rotatable bonds is 12. The second kappa shape index (κ2) is 13.5. The molecule has 2 aromatic carbocycles. The number of amides is 2. The fourth-order valence-electron chi connectivity index (χ4n) is 4.39. The van der Waals surface area contributed by atoms with E-state index in [2.05, 4.69) is 34.4 Å². The van der Waals surface area contributed by atoms with Gasteiger partial charge >= 0.3 is 6.03 Å². The van der Waals surface area contributed by atoms with Gasteiger partial charge in [0.2, 0.25) is 0 Å². The first-order valence-electron chi connectivity index (χ1n) is 13.3. The predicted molar refractivity (Wildman–Crippen MR) is 152 cm³/mol. The van der Waals surface area contributed by atoms with Gasteiger partial charge in [0.25, 0.3) is 0 Å². The van der Waals surface area contributed by atoms with Gasteiger partial charge in [0.1, 0.15) is 11.5 Å². The number of benzene rings is 2. The van der Waals surface area contributed by atoms with E-state index in [9.17, 15) is 4.79 Å². The van der Waals surface area contributed by atoms with Crippen LogP contribution in [0.3, 0.4) is 0 Å². The number of halogens is 1. The molecule has 9 heteroatoms. The Morgan fingerprint density at radius 3 is 2.66 bits per heavy atom. The standard InChI is InChI=1S/C29H37ClN4O4/c1-20(2)9-11-32-29(35)33-24-8-7-21(17-23(24)30)38-26-10-12-31-25-19-28(27(36-3)18-22(25)26)37-16-6-15-34-13-4-5-14-34/h7-8,10,12,17-20H,4-6,9,11,13-16H2,1-3H3,(H2,32,33,35). The number of carbonyl (C=O) groups is 1. The van der Waals surface area contributed by atoms with Gasteiger partial charge in [-0.05, 0) is 69.0 Å². The highest BCUT2D eigenvalue weighted by molar-refractivity contribution is 6.33. The van der Waals surface area contributed by atoms with Crippen LogP contribution < -0.4 is 24.8 Å². The van der Waals surface area contributed by atoms with Gasteiger partial charge in [-0.1, -0.05) is 25.4 Å². The van der Waals surface area contributed by atoms with Crippen LogP contribution in [0.25, 0.3) is 10.9 Å². The zero-order valence-corrected chi connectivity index (χ0v) is 23.1. The van der Waals surface area contributed by atoms with E-state index < -0.39 is 0 Å². The number of fused-ring (bicyclic) bond motifs is 1. The normalized spacial score (nSPS) is 13.6. The Morgan fingerprint density at radius 1 is 1.11 bits per heavy atom. The molecule has 1 aliphatic rings. The van der Waals surface area contributed by atoms with Crippen LogP contribution >= 0.6 is 11.6 Å². The number of methoxy groups -OCH3 is 1. The van der Waals surface area contributed by atoms with Crippen molar-refractivity contribution >= 4 is 34.2 Å². The molecule has 2 heterocycles. The lowest BCUT2D eigenvalue weighted by atomic mass is 10.1. The maximum atomic E-state index is 12.2. The van der Waals surface area contributed by atoms with E-state index in [4.69, 9.17) is 25.8 Å². The van der Waals surface area contributed by atoms with Crippen LogP contribution in [-0.4, -0.2) is 55.8 Å². The van der Waals surface area contributed by atoms with Crippen molar-refractivity contribution in [3.05, 3.63) is 47.6 Å². The number of anilines is 1. The Labute approximate surface area is 229 Å². The first-order valence-corrected chi connectivity index (χ1v) is 13.6. The average molecular weight is 541 g/mol. The smallest absolute Gasteiger partial charge is 0.319 e. The van der Waals surface area contributed by atoms with Gasteiger partial charge in [-0.15, -0.1) is 0 Å². The van der Waals surface area contributed by atoms with Gasteiger partial charge in [0, 0.05) is 36.8 Å². The highest BCUT2D eigenvalue weighted by atomic mass is 35.5. The Hall–Kier alpha value is -3.23. The molecule has 3 aromatic rings. The van der Waals surface area contributed by atoms with Crippen molar-refractivity contribution in [3.8, 4) is 23.0 Å². The molecule has 2 amide bonds. The summed E-state index contributed by atoms with van der Waals surface area (Å²) < 4.78 is 17.8. The fraction of sp³-hybridized carbons (Fsp3) is 0.448. The van der Waals surface area contributed by atoms with E-state index in [-0.39, 0.29) is 6.03 Å². The number of nitrogens with zero attached hydrogens (tertiary/aromatic N) is 2. The number of nitrogens with one attached hydrogen (secondary N) is 2. The Morgan fingerprint density at radius 2 is 1.92 bits per heavy atom. The quantitative estimate of drug-likeness (QED) is 0.248. The zero-order valence-electron chi connectivity index (χ0n) is 22.4. The molecule has 0 saturated carbocycles. The van der Waals surface area contributed by atoms with Crippen molar-refractivity contribution in [1.82, 2.24) is 15.2 Å². The van der Waals surface area contributed by atoms with Gasteiger partial charge < -0.3 is 29.7 Å². The Bertz CT molecular complexity index is 1230. The number of likely N-dealkylation sites (tertiary alicyclic amines) is 1. The number of aromatic nitrogens is 1. The van der Waals surface area contributed by atoms with E-state index in [0.29, 0.717) is 52.8 Å². The summed E-state index contributed by atoms with van der Waals surface area (Å²) in [6, 6.07) is 10.4. The summed E-state index contributed by atoms with van der Waals surface area (Å²) in [6.45, 7) is 8.86.